The van der Waals surface area contributed by atoms with Gasteiger partial charge in [-0.15, -0.1) is 0 Å². The molecular formula is C16H14N2O3. The number of fused-ring (bicyclic) bond motifs is 1. The molecule has 0 fully saturated rings. The van der Waals surface area contributed by atoms with Crippen LogP contribution in [0.1, 0.15) is 0 Å². The van der Waals surface area contributed by atoms with E-state index in [-0.39, 0.29) is 5.75 Å². The summed E-state index contributed by atoms with van der Waals surface area (Å²) in [6.45, 7) is 0. The molecule has 3 aromatic rings. The summed E-state index contributed by atoms with van der Waals surface area (Å²) in [4.78, 5) is 4.21. The van der Waals surface area contributed by atoms with E-state index in [2.05, 4.69) is 4.98 Å². The molecule has 0 aliphatic heterocycles. The van der Waals surface area contributed by atoms with Crippen LogP contribution >= 0.6 is 0 Å². The van der Waals surface area contributed by atoms with Crippen LogP contribution in [-0.2, 0) is 0 Å². The molecule has 0 spiro atoms. The first-order valence-corrected chi connectivity index (χ1v) is 6.36. The molecule has 0 amide bonds. The molecule has 0 aliphatic carbocycles. The van der Waals surface area contributed by atoms with Crippen molar-refractivity contribution in [3.8, 4) is 23.1 Å². The number of aromatic hydroxyl groups is 1. The topological polar surface area (TPSA) is 77.6 Å². The fraction of sp³-hybridized carbons (Fsp3) is 0.0625. The third kappa shape index (κ3) is 2.53. The van der Waals surface area contributed by atoms with E-state index < -0.39 is 0 Å². The highest BCUT2D eigenvalue weighted by molar-refractivity contribution is 5.88. The van der Waals surface area contributed by atoms with Crippen molar-refractivity contribution in [1.29, 1.82) is 0 Å². The summed E-state index contributed by atoms with van der Waals surface area (Å²) in [5.74, 6) is 1.69. The number of anilines is 1. The number of phenols is 1. The summed E-state index contributed by atoms with van der Waals surface area (Å²) in [7, 11) is 1.57. The van der Waals surface area contributed by atoms with Crippen LogP contribution in [0.15, 0.2) is 48.7 Å². The molecule has 3 N–H and O–H groups in total. The number of methoxy groups -OCH3 is 1. The smallest absolute Gasteiger partial charge is 0.227 e. The maximum absolute atomic E-state index is 9.62. The van der Waals surface area contributed by atoms with Crippen molar-refractivity contribution in [2.75, 3.05) is 12.8 Å². The third-order valence-electron chi connectivity index (χ3n) is 3.14. The van der Waals surface area contributed by atoms with Gasteiger partial charge >= 0.3 is 0 Å². The van der Waals surface area contributed by atoms with Crippen molar-refractivity contribution in [2.24, 2.45) is 0 Å². The second-order valence-electron chi connectivity index (χ2n) is 4.53. The largest absolute Gasteiger partial charge is 0.508 e. The van der Waals surface area contributed by atoms with E-state index in [9.17, 15) is 5.11 Å². The molecule has 0 aliphatic rings. The van der Waals surface area contributed by atoms with Gasteiger partial charge < -0.3 is 20.3 Å². The van der Waals surface area contributed by atoms with Crippen molar-refractivity contribution >= 4 is 16.5 Å². The van der Waals surface area contributed by atoms with Crippen LogP contribution in [0.5, 0.6) is 23.1 Å². The highest BCUT2D eigenvalue weighted by Gasteiger charge is 2.09. The molecule has 0 bridgehead atoms. The van der Waals surface area contributed by atoms with E-state index >= 15 is 0 Å². The molecule has 0 unspecified atom stereocenters. The number of nitrogen functional groups attached to an aromatic ring is 1. The zero-order chi connectivity index (χ0) is 14.8. The maximum Gasteiger partial charge on any atom is 0.227 e. The van der Waals surface area contributed by atoms with Gasteiger partial charge in [-0.05, 0) is 35.7 Å². The van der Waals surface area contributed by atoms with Crippen molar-refractivity contribution in [2.45, 2.75) is 0 Å². The Balaban J connectivity index is 2.04. The zero-order valence-corrected chi connectivity index (χ0v) is 11.4. The predicted molar refractivity (Wildman–Crippen MR) is 80.9 cm³/mol. The maximum atomic E-state index is 9.62. The molecule has 0 saturated heterocycles. The van der Waals surface area contributed by atoms with E-state index in [4.69, 9.17) is 15.2 Å². The summed E-state index contributed by atoms with van der Waals surface area (Å²) in [5, 5.41) is 11.3. The lowest BCUT2D eigenvalue weighted by Crippen LogP contribution is -1.95. The molecule has 3 rings (SSSR count). The molecule has 106 valence electrons. The number of benzene rings is 2. The number of nitrogens with zero attached hydrogens (tertiary/aromatic N) is 1. The number of pyridine rings is 1. The highest BCUT2D eigenvalue weighted by atomic mass is 16.5. The average molecular weight is 282 g/mol. The van der Waals surface area contributed by atoms with Gasteiger partial charge in [0, 0.05) is 17.6 Å². The molecule has 2 aromatic carbocycles. The molecule has 0 radical (unpaired) electrons. The van der Waals surface area contributed by atoms with Crippen molar-refractivity contribution in [1.82, 2.24) is 4.98 Å². The van der Waals surface area contributed by atoms with Crippen LogP contribution in [0.25, 0.3) is 10.8 Å². The average Bonchev–Trinajstić information content (AvgIpc) is 2.49. The minimum Gasteiger partial charge on any atom is -0.508 e. The van der Waals surface area contributed by atoms with E-state index in [0.717, 1.165) is 5.39 Å². The second kappa shape index (κ2) is 5.20. The molecule has 0 saturated carbocycles. The normalized spacial score (nSPS) is 10.5. The second-order valence-corrected chi connectivity index (χ2v) is 4.53. The molecular weight excluding hydrogens is 268 g/mol. The Morgan fingerprint density at radius 1 is 1.10 bits per heavy atom. The number of nitrogens with two attached hydrogens (primary N) is 1. The SMILES string of the molecule is COc1ccc(Oc2nccc3ccc(O)cc23)c(N)c1. The Morgan fingerprint density at radius 2 is 1.95 bits per heavy atom. The predicted octanol–water partition coefficient (Wildman–Crippen LogP) is 3.32. The molecule has 1 aromatic heterocycles. The summed E-state index contributed by atoms with van der Waals surface area (Å²) in [6, 6.07) is 12.0. The molecule has 0 atom stereocenters. The lowest BCUT2D eigenvalue weighted by Gasteiger charge is -2.11. The Morgan fingerprint density at radius 3 is 2.71 bits per heavy atom. The summed E-state index contributed by atoms with van der Waals surface area (Å²) in [5.41, 5.74) is 6.39. The number of aromatic nitrogens is 1. The van der Waals surface area contributed by atoms with Crippen LogP contribution in [0.4, 0.5) is 5.69 Å². The highest BCUT2D eigenvalue weighted by Crippen LogP contribution is 2.34. The number of phenolic OH excluding ortho intramolecular Hbond substituents is 1. The van der Waals surface area contributed by atoms with Crippen molar-refractivity contribution in [3.05, 3.63) is 48.7 Å². The van der Waals surface area contributed by atoms with Crippen LogP contribution in [0.2, 0.25) is 0 Å². The summed E-state index contributed by atoms with van der Waals surface area (Å²) in [6.07, 6.45) is 1.65. The van der Waals surface area contributed by atoms with Gasteiger partial charge in [0.25, 0.3) is 0 Å². The number of ether oxygens (including phenoxy) is 2. The van der Waals surface area contributed by atoms with Gasteiger partial charge in [-0.25, -0.2) is 4.98 Å². The van der Waals surface area contributed by atoms with Gasteiger partial charge in [0.15, 0.2) is 5.75 Å². The standard InChI is InChI=1S/C16H14N2O3/c1-20-12-4-5-15(14(17)9-12)21-16-13-8-11(19)3-2-10(13)6-7-18-16/h2-9,19H,17H2,1H3. The lowest BCUT2D eigenvalue weighted by molar-refractivity contribution is 0.413. The molecule has 1 heterocycles. The zero-order valence-electron chi connectivity index (χ0n) is 11.4. The van der Waals surface area contributed by atoms with Gasteiger partial charge in [-0.2, -0.15) is 0 Å². The summed E-state index contributed by atoms with van der Waals surface area (Å²) < 4.78 is 10.9. The van der Waals surface area contributed by atoms with Gasteiger partial charge in [-0.1, -0.05) is 6.07 Å². The van der Waals surface area contributed by atoms with E-state index in [1.165, 1.54) is 0 Å². The minimum absolute atomic E-state index is 0.156. The fourth-order valence-corrected chi connectivity index (χ4v) is 2.06. The number of hydrogen-bond donors (Lipinski definition) is 2. The summed E-state index contributed by atoms with van der Waals surface area (Å²) >= 11 is 0. The van der Waals surface area contributed by atoms with E-state index in [0.29, 0.717) is 28.5 Å². The monoisotopic (exact) mass is 282 g/mol. The number of rotatable bonds is 3. The van der Waals surface area contributed by atoms with Gasteiger partial charge in [-0.3, -0.25) is 0 Å². The van der Waals surface area contributed by atoms with Crippen molar-refractivity contribution < 1.29 is 14.6 Å². The Bertz CT molecular complexity index is 803. The number of hydrogen-bond acceptors (Lipinski definition) is 5. The van der Waals surface area contributed by atoms with Crippen molar-refractivity contribution in [3.63, 3.8) is 0 Å². The third-order valence-corrected chi connectivity index (χ3v) is 3.14. The van der Waals surface area contributed by atoms with Gasteiger partial charge in [0.05, 0.1) is 12.8 Å². The van der Waals surface area contributed by atoms with Gasteiger partial charge in [0.1, 0.15) is 11.5 Å². The van der Waals surface area contributed by atoms with Gasteiger partial charge in [0.2, 0.25) is 5.88 Å². The Kier molecular flexibility index (Phi) is 3.23. The first-order valence-electron chi connectivity index (χ1n) is 6.36. The van der Waals surface area contributed by atoms with Crippen LogP contribution in [0.3, 0.4) is 0 Å². The molecule has 5 heteroatoms. The van der Waals surface area contributed by atoms with Crippen LogP contribution in [0, 0.1) is 0 Å². The lowest BCUT2D eigenvalue weighted by atomic mass is 10.1. The Hall–Kier alpha value is -2.95. The van der Waals surface area contributed by atoms with Crippen LogP contribution in [-0.4, -0.2) is 17.2 Å². The van der Waals surface area contributed by atoms with Crippen LogP contribution < -0.4 is 15.2 Å². The first kappa shape index (κ1) is 13.1. The quantitative estimate of drug-likeness (QED) is 0.720. The Labute approximate surface area is 121 Å². The first-order chi connectivity index (χ1) is 10.2. The van der Waals surface area contributed by atoms with E-state index in [1.807, 2.05) is 6.07 Å². The minimum atomic E-state index is 0.156. The molecule has 5 nitrogen and oxygen atoms in total. The van der Waals surface area contributed by atoms with E-state index in [1.54, 1.807) is 49.7 Å². The fourth-order valence-electron chi connectivity index (χ4n) is 2.06. The molecule has 21 heavy (non-hydrogen) atoms.